The van der Waals surface area contributed by atoms with Gasteiger partial charge in [-0.2, -0.15) is 18.4 Å². The number of hydrogen-bond donors (Lipinski definition) is 1. The van der Waals surface area contributed by atoms with E-state index in [4.69, 9.17) is 10.00 Å². The molecule has 0 aromatic heterocycles. The molecule has 1 heterocycles. The molecular weight excluding hydrogens is 307 g/mol. The van der Waals surface area contributed by atoms with Gasteiger partial charge in [0.15, 0.2) is 0 Å². The van der Waals surface area contributed by atoms with Crippen molar-refractivity contribution in [3.8, 4) is 6.07 Å². The fraction of sp³-hybridized carbons (Fsp3) is 0.562. The fourth-order valence-electron chi connectivity index (χ4n) is 2.61. The molecule has 0 bridgehead atoms. The quantitative estimate of drug-likeness (QED) is 0.923. The summed E-state index contributed by atoms with van der Waals surface area (Å²) in [5.41, 5.74) is -0.387. The Hall–Kier alpha value is -1.78. The van der Waals surface area contributed by atoms with Gasteiger partial charge in [0.1, 0.15) is 6.07 Å². The van der Waals surface area contributed by atoms with E-state index in [1.54, 1.807) is 0 Å². The number of anilines is 1. The summed E-state index contributed by atoms with van der Waals surface area (Å²) in [6, 6.07) is 5.19. The van der Waals surface area contributed by atoms with Crippen molar-refractivity contribution in [2.75, 3.05) is 31.6 Å². The number of ether oxygens (including phenoxy) is 1. The smallest absolute Gasteiger partial charge is 0.380 e. The first kappa shape index (κ1) is 17.6. The molecule has 0 aliphatic carbocycles. The third-order valence-corrected chi connectivity index (χ3v) is 4.20. The van der Waals surface area contributed by atoms with E-state index in [1.165, 1.54) is 6.07 Å². The van der Waals surface area contributed by atoms with Gasteiger partial charge in [0.25, 0.3) is 0 Å². The van der Waals surface area contributed by atoms with Crippen LogP contribution >= 0.6 is 0 Å². The highest BCUT2D eigenvalue weighted by Gasteiger charge is 2.31. The second-order valence-electron chi connectivity index (χ2n) is 5.69. The van der Waals surface area contributed by atoms with Crippen LogP contribution in [0.25, 0.3) is 0 Å². The van der Waals surface area contributed by atoms with E-state index in [0.717, 1.165) is 25.2 Å². The summed E-state index contributed by atoms with van der Waals surface area (Å²) < 4.78 is 43.5. The van der Waals surface area contributed by atoms with Crippen LogP contribution in [-0.2, 0) is 10.9 Å². The van der Waals surface area contributed by atoms with E-state index in [-0.39, 0.29) is 17.6 Å². The van der Waals surface area contributed by atoms with Crippen LogP contribution in [0.3, 0.4) is 0 Å². The first-order valence-electron chi connectivity index (χ1n) is 7.52. The minimum atomic E-state index is -4.45. The molecule has 4 nitrogen and oxygen atoms in total. The summed E-state index contributed by atoms with van der Waals surface area (Å²) >= 11 is 0. The summed E-state index contributed by atoms with van der Waals surface area (Å²) in [5, 5.41) is 12.3. The fourth-order valence-corrected chi connectivity index (χ4v) is 2.61. The van der Waals surface area contributed by atoms with Crippen molar-refractivity contribution >= 4 is 5.69 Å². The molecule has 0 radical (unpaired) electrons. The minimum Gasteiger partial charge on any atom is -0.380 e. The standard InChI is InChI=1S/C16H20F3N3O/c1-11(12(2)22-5-7-23-8-6-22)21-15-4-3-14(16(17,18)19)9-13(15)10-20/h3-4,9,11-12,21H,5-8H2,1-2H3. The molecule has 23 heavy (non-hydrogen) atoms. The third kappa shape index (κ3) is 4.36. The maximum Gasteiger partial charge on any atom is 0.416 e. The van der Waals surface area contributed by atoms with Crippen molar-refractivity contribution in [2.45, 2.75) is 32.1 Å². The molecule has 1 aliphatic heterocycles. The van der Waals surface area contributed by atoms with Gasteiger partial charge in [0.2, 0.25) is 0 Å². The van der Waals surface area contributed by atoms with E-state index in [1.807, 2.05) is 13.0 Å². The number of nitriles is 1. The zero-order valence-electron chi connectivity index (χ0n) is 13.2. The number of nitrogens with one attached hydrogen (secondary N) is 1. The van der Waals surface area contributed by atoms with Gasteiger partial charge in [-0.05, 0) is 32.0 Å². The van der Waals surface area contributed by atoms with Crippen LogP contribution < -0.4 is 5.32 Å². The van der Waals surface area contributed by atoms with Crippen molar-refractivity contribution in [1.29, 1.82) is 5.26 Å². The monoisotopic (exact) mass is 327 g/mol. The van der Waals surface area contributed by atoms with Crippen LogP contribution in [0.15, 0.2) is 18.2 Å². The molecule has 1 saturated heterocycles. The van der Waals surface area contributed by atoms with Crippen molar-refractivity contribution in [3.63, 3.8) is 0 Å². The third-order valence-electron chi connectivity index (χ3n) is 4.20. The largest absolute Gasteiger partial charge is 0.416 e. The van der Waals surface area contributed by atoms with Crippen LogP contribution in [0.1, 0.15) is 25.0 Å². The van der Waals surface area contributed by atoms with Gasteiger partial charge in [0.05, 0.1) is 30.0 Å². The average Bonchev–Trinajstić information content (AvgIpc) is 2.54. The Morgan fingerprint density at radius 1 is 1.26 bits per heavy atom. The Balaban J connectivity index is 2.11. The van der Waals surface area contributed by atoms with E-state index in [9.17, 15) is 13.2 Å². The summed E-state index contributed by atoms with van der Waals surface area (Å²) in [6.45, 7) is 7.02. The van der Waals surface area contributed by atoms with Crippen LogP contribution in [0.4, 0.5) is 18.9 Å². The van der Waals surface area contributed by atoms with Crippen molar-refractivity contribution in [2.24, 2.45) is 0 Å². The van der Waals surface area contributed by atoms with Gasteiger partial charge in [-0.1, -0.05) is 0 Å². The highest BCUT2D eigenvalue weighted by Crippen LogP contribution is 2.32. The van der Waals surface area contributed by atoms with Crippen molar-refractivity contribution in [1.82, 2.24) is 4.90 Å². The number of halogens is 3. The lowest BCUT2D eigenvalue weighted by atomic mass is 10.1. The Bertz CT molecular complexity index is 577. The zero-order chi connectivity index (χ0) is 17.0. The Morgan fingerprint density at radius 2 is 1.91 bits per heavy atom. The topological polar surface area (TPSA) is 48.3 Å². The molecule has 2 atom stereocenters. The highest BCUT2D eigenvalue weighted by molar-refractivity contribution is 5.59. The molecule has 126 valence electrons. The van der Waals surface area contributed by atoms with Crippen LogP contribution in [0, 0.1) is 11.3 Å². The van der Waals surface area contributed by atoms with E-state index in [2.05, 4.69) is 17.1 Å². The Morgan fingerprint density at radius 3 is 2.48 bits per heavy atom. The van der Waals surface area contributed by atoms with Crippen LogP contribution in [0.2, 0.25) is 0 Å². The molecular formula is C16H20F3N3O. The predicted molar refractivity (Wildman–Crippen MR) is 81.1 cm³/mol. The molecule has 2 rings (SSSR count). The molecule has 1 aromatic rings. The van der Waals surface area contributed by atoms with Crippen LogP contribution in [-0.4, -0.2) is 43.3 Å². The minimum absolute atomic E-state index is 0.000789. The number of morpholine rings is 1. The lowest BCUT2D eigenvalue weighted by Gasteiger charge is -2.36. The van der Waals surface area contributed by atoms with Gasteiger partial charge in [0, 0.05) is 25.2 Å². The van der Waals surface area contributed by atoms with E-state index < -0.39 is 11.7 Å². The van der Waals surface area contributed by atoms with Gasteiger partial charge < -0.3 is 10.1 Å². The molecule has 1 aliphatic rings. The normalized spacial score (nSPS) is 19.0. The summed E-state index contributed by atoms with van der Waals surface area (Å²) in [4.78, 5) is 2.26. The van der Waals surface area contributed by atoms with Crippen molar-refractivity contribution in [3.05, 3.63) is 29.3 Å². The number of hydrogen-bond acceptors (Lipinski definition) is 4. The number of benzene rings is 1. The maximum absolute atomic E-state index is 12.7. The first-order valence-corrected chi connectivity index (χ1v) is 7.52. The molecule has 1 aromatic carbocycles. The molecule has 0 amide bonds. The Labute approximate surface area is 133 Å². The van der Waals surface area contributed by atoms with Gasteiger partial charge >= 0.3 is 6.18 Å². The van der Waals surface area contributed by atoms with Gasteiger partial charge in [-0.15, -0.1) is 0 Å². The van der Waals surface area contributed by atoms with Gasteiger partial charge in [-0.25, -0.2) is 0 Å². The SMILES string of the molecule is CC(Nc1ccc(C(F)(F)F)cc1C#N)C(C)N1CCOCC1. The Kier molecular flexibility index (Phi) is 5.50. The molecule has 2 unspecified atom stereocenters. The summed E-state index contributed by atoms with van der Waals surface area (Å²) in [5.74, 6) is 0. The van der Waals surface area contributed by atoms with E-state index >= 15 is 0 Å². The van der Waals surface area contributed by atoms with E-state index in [0.29, 0.717) is 18.9 Å². The number of rotatable bonds is 4. The summed E-state index contributed by atoms with van der Waals surface area (Å²) in [6.07, 6.45) is -4.45. The lowest BCUT2D eigenvalue weighted by molar-refractivity contribution is -0.137. The van der Waals surface area contributed by atoms with Gasteiger partial charge in [-0.3, -0.25) is 4.90 Å². The number of alkyl halides is 3. The van der Waals surface area contributed by atoms with Crippen LogP contribution in [0.5, 0.6) is 0 Å². The zero-order valence-corrected chi connectivity index (χ0v) is 13.2. The highest BCUT2D eigenvalue weighted by atomic mass is 19.4. The second-order valence-corrected chi connectivity index (χ2v) is 5.69. The lowest BCUT2D eigenvalue weighted by Crippen LogP contribution is -2.48. The molecule has 1 fully saturated rings. The van der Waals surface area contributed by atoms with Crippen molar-refractivity contribution < 1.29 is 17.9 Å². The average molecular weight is 327 g/mol. The second kappa shape index (κ2) is 7.20. The molecule has 0 saturated carbocycles. The molecule has 7 heteroatoms. The number of nitrogens with zero attached hydrogens (tertiary/aromatic N) is 2. The maximum atomic E-state index is 12.7. The first-order chi connectivity index (χ1) is 10.8. The molecule has 1 N–H and O–H groups in total. The molecule has 0 spiro atoms. The summed E-state index contributed by atoms with van der Waals surface area (Å²) in [7, 11) is 0. The predicted octanol–water partition coefficient (Wildman–Crippen LogP) is 3.10.